The predicted molar refractivity (Wildman–Crippen MR) is 35.6 cm³/mol. The van der Waals surface area contributed by atoms with E-state index in [4.69, 9.17) is 5.84 Å². The molecule has 0 amide bonds. The summed E-state index contributed by atoms with van der Waals surface area (Å²) in [5, 5.41) is 11.1. The van der Waals surface area contributed by atoms with Crippen molar-refractivity contribution in [2.24, 2.45) is 5.84 Å². The summed E-state index contributed by atoms with van der Waals surface area (Å²) in [6.45, 7) is 3.34. The van der Waals surface area contributed by atoms with Gasteiger partial charge in [0.2, 0.25) is 0 Å². The van der Waals surface area contributed by atoms with Crippen molar-refractivity contribution < 1.29 is 5.11 Å². The lowest BCUT2D eigenvalue weighted by Crippen LogP contribution is -2.49. The average molecular weight is 130 g/mol. The predicted octanol–water partition coefficient (Wildman–Crippen LogP) is -0.293. The summed E-state index contributed by atoms with van der Waals surface area (Å²) in [7, 11) is 0. The van der Waals surface area contributed by atoms with Gasteiger partial charge in [-0.1, -0.05) is 0 Å². The van der Waals surface area contributed by atoms with Crippen LogP contribution in [0.25, 0.3) is 0 Å². The summed E-state index contributed by atoms with van der Waals surface area (Å²) < 4.78 is 0. The molecule has 1 saturated heterocycles. The molecule has 0 aromatic carbocycles. The van der Waals surface area contributed by atoms with Crippen molar-refractivity contribution >= 4 is 0 Å². The Morgan fingerprint density at radius 2 is 2.33 bits per heavy atom. The maximum absolute atomic E-state index is 9.42. The largest absolute Gasteiger partial charge is 0.389 e. The molecule has 1 aliphatic rings. The van der Waals surface area contributed by atoms with Crippen LogP contribution in [0.1, 0.15) is 19.8 Å². The molecule has 0 saturated carbocycles. The fraction of sp³-hybridized carbons (Fsp3) is 1.00. The molecule has 9 heavy (non-hydrogen) atoms. The van der Waals surface area contributed by atoms with Crippen molar-refractivity contribution in [1.29, 1.82) is 0 Å². The monoisotopic (exact) mass is 130 g/mol. The minimum absolute atomic E-state index is 0.549. The standard InChI is InChI=1S/C6H14N2O/c1-6(9)3-2-4-8(7)5-6/h9H,2-5,7H2,1H3/t6-/m1/s1. The van der Waals surface area contributed by atoms with E-state index >= 15 is 0 Å². The van der Waals surface area contributed by atoms with Gasteiger partial charge >= 0.3 is 0 Å². The zero-order valence-corrected chi connectivity index (χ0v) is 5.80. The van der Waals surface area contributed by atoms with E-state index in [-0.39, 0.29) is 0 Å². The van der Waals surface area contributed by atoms with Gasteiger partial charge in [0, 0.05) is 13.1 Å². The highest BCUT2D eigenvalue weighted by Crippen LogP contribution is 2.17. The van der Waals surface area contributed by atoms with E-state index in [1.807, 2.05) is 6.92 Å². The Hall–Kier alpha value is -0.120. The second kappa shape index (κ2) is 2.25. The second-order valence-corrected chi connectivity index (χ2v) is 3.07. The van der Waals surface area contributed by atoms with Gasteiger partial charge in [-0.3, -0.25) is 5.84 Å². The molecule has 1 fully saturated rings. The van der Waals surface area contributed by atoms with Crippen LogP contribution in [0.4, 0.5) is 0 Å². The van der Waals surface area contributed by atoms with Crippen molar-refractivity contribution in [3.8, 4) is 0 Å². The smallest absolute Gasteiger partial charge is 0.0760 e. The van der Waals surface area contributed by atoms with Crippen molar-refractivity contribution in [3.05, 3.63) is 0 Å². The quantitative estimate of drug-likeness (QED) is 0.443. The highest BCUT2D eigenvalue weighted by Gasteiger charge is 2.26. The van der Waals surface area contributed by atoms with Crippen LogP contribution in [0.15, 0.2) is 0 Å². The molecule has 1 aliphatic heterocycles. The van der Waals surface area contributed by atoms with Crippen molar-refractivity contribution in [2.45, 2.75) is 25.4 Å². The summed E-state index contributed by atoms with van der Waals surface area (Å²) in [6.07, 6.45) is 1.88. The van der Waals surface area contributed by atoms with Crippen LogP contribution < -0.4 is 5.84 Å². The first-order valence-electron chi connectivity index (χ1n) is 3.32. The third-order valence-corrected chi connectivity index (χ3v) is 1.70. The molecular weight excluding hydrogens is 116 g/mol. The van der Waals surface area contributed by atoms with Gasteiger partial charge in [0.1, 0.15) is 0 Å². The number of hydrogen-bond donors (Lipinski definition) is 2. The topological polar surface area (TPSA) is 49.5 Å². The SMILES string of the molecule is C[C@@]1(O)CCCN(N)C1. The first-order valence-corrected chi connectivity index (χ1v) is 3.32. The highest BCUT2D eigenvalue weighted by molar-refractivity contribution is 4.79. The molecular formula is C6H14N2O. The van der Waals surface area contributed by atoms with Crippen molar-refractivity contribution in [3.63, 3.8) is 0 Å². The van der Waals surface area contributed by atoms with E-state index in [1.54, 1.807) is 5.01 Å². The first kappa shape index (κ1) is 6.99. The van der Waals surface area contributed by atoms with Crippen LogP contribution >= 0.6 is 0 Å². The molecule has 1 rings (SSSR count). The van der Waals surface area contributed by atoms with Crippen molar-refractivity contribution in [2.75, 3.05) is 13.1 Å². The van der Waals surface area contributed by atoms with Crippen LogP contribution in [-0.2, 0) is 0 Å². The van der Waals surface area contributed by atoms with E-state index in [0.717, 1.165) is 19.4 Å². The minimum atomic E-state index is -0.549. The lowest BCUT2D eigenvalue weighted by atomic mass is 9.96. The second-order valence-electron chi connectivity index (χ2n) is 3.07. The molecule has 3 heteroatoms. The van der Waals surface area contributed by atoms with Gasteiger partial charge in [0.25, 0.3) is 0 Å². The zero-order valence-electron chi connectivity index (χ0n) is 5.80. The number of rotatable bonds is 0. The molecule has 3 nitrogen and oxygen atoms in total. The summed E-state index contributed by atoms with van der Waals surface area (Å²) in [4.78, 5) is 0. The maximum atomic E-state index is 9.42. The summed E-state index contributed by atoms with van der Waals surface area (Å²) >= 11 is 0. The molecule has 0 spiro atoms. The van der Waals surface area contributed by atoms with E-state index in [2.05, 4.69) is 0 Å². The number of nitrogens with zero attached hydrogens (tertiary/aromatic N) is 1. The fourth-order valence-electron chi connectivity index (χ4n) is 1.26. The highest BCUT2D eigenvalue weighted by atomic mass is 16.3. The molecule has 3 N–H and O–H groups in total. The molecule has 0 aromatic heterocycles. The Labute approximate surface area is 55.4 Å². The maximum Gasteiger partial charge on any atom is 0.0760 e. The van der Waals surface area contributed by atoms with Crippen LogP contribution in [0, 0.1) is 0 Å². The Balaban J connectivity index is 2.41. The van der Waals surface area contributed by atoms with E-state index in [9.17, 15) is 5.11 Å². The van der Waals surface area contributed by atoms with Crippen LogP contribution in [0.5, 0.6) is 0 Å². The van der Waals surface area contributed by atoms with Gasteiger partial charge in [-0.15, -0.1) is 0 Å². The van der Waals surface area contributed by atoms with Gasteiger partial charge in [-0.2, -0.15) is 0 Å². The van der Waals surface area contributed by atoms with Crippen molar-refractivity contribution in [1.82, 2.24) is 5.01 Å². The number of nitrogens with two attached hydrogens (primary N) is 1. The zero-order chi connectivity index (χ0) is 6.91. The number of piperidine rings is 1. The molecule has 0 bridgehead atoms. The number of hydrazine groups is 1. The molecule has 1 atom stereocenters. The van der Waals surface area contributed by atoms with E-state index in [0.29, 0.717) is 6.54 Å². The van der Waals surface area contributed by atoms with Crippen LogP contribution in [0.2, 0.25) is 0 Å². The third kappa shape index (κ3) is 1.93. The number of aliphatic hydroxyl groups is 1. The molecule has 54 valence electrons. The normalized spacial score (nSPS) is 39.0. The third-order valence-electron chi connectivity index (χ3n) is 1.70. The number of β-amino-alcohol motifs (C(OH)–C–C–N with tert-alkyl or cyclic N) is 1. The van der Waals surface area contributed by atoms with Gasteiger partial charge in [0.05, 0.1) is 5.60 Å². The average Bonchev–Trinajstić information content (AvgIpc) is 1.60. The lowest BCUT2D eigenvalue weighted by molar-refractivity contribution is -0.0157. The summed E-state index contributed by atoms with van der Waals surface area (Å²) in [5.41, 5.74) is -0.549. The molecule has 0 unspecified atom stereocenters. The molecule has 0 aromatic rings. The Kier molecular flexibility index (Phi) is 1.75. The molecule has 0 aliphatic carbocycles. The lowest BCUT2D eigenvalue weighted by Gasteiger charge is -2.33. The molecule has 0 radical (unpaired) electrons. The molecule has 1 heterocycles. The Morgan fingerprint density at radius 3 is 2.67 bits per heavy atom. The van der Waals surface area contributed by atoms with Gasteiger partial charge in [0.15, 0.2) is 0 Å². The van der Waals surface area contributed by atoms with Crippen LogP contribution in [-0.4, -0.2) is 28.8 Å². The number of hydrogen-bond acceptors (Lipinski definition) is 3. The van der Waals surface area contributed by atoms with Gasteiger partial charge in [-0.05, 0) is 19.8 Å². The van der Waals surface area contributed by atoms with Gasteiger partial charge in [-0.25, -0.2) is 5.01 Å². The Bertz CT molecular complexity index is 103. The first-order chi connectivity index (χ1) is 4.10. The summed E-state index contributed by atoms with van der Waals surface area (Å²) in [6, 6.07) is 0. The van der Waals surface area contributed by atoms with E-state index in [1.165, 1.54) is 0 Å². The summed E-state index contributed by atoms with van der Waals surface area (Å²) in [5.74, 6) is 5.48. The van der Waals surface area contributed by atoms with E-state index < -0.39 is 5.60 Å². The minimum Gasteiger partial charge on any atom is -0.389 e. The van der Waals surface area contributed by atoms with Gasteiger partial charge < -0.3 is 5.11 Å². The fourth-order valence-corrected chi connectivity index (χ4v) is 1.26. The Morgan fingerprint density at radius 1 is 1.67 bits per heavy atom. The van der Waals surface area contributed by atoms with Crippen LogP contribution in [0.3, 0.4) is 0 Å².